The summed E-state index contributed by atoms with van der Waals surface area (Å²) in [6.07, 6.45) is 6.15. The zero-order chi connectivity index (χ0) is 9.10. The maximum atomic E-state index is 4.08. The van der Waals surface area contributed by atoms with Crippen LogP contribution in [0.3, 0.4) is 0 Å². The molecule has 0 aromatic carbocycles. The van der Waals surface area contributed by atoms with Crippen molar-refractivity contribution in [3.05, 3.63) is 11.9 Å². The average molecular weight is 180 g/mol. The lowest BCUT2D eigenvalue weighted by atomic mass is 9.85. The van der Waals surface area contributed by atoms with Gasteiger partial charge in [0.1, 0.15) is 0 Å². The Hall–Kier alpha value is -0.900. The van der Waals surface area contributed by atoms with E-state index < -0.39 is 0 Å². The molecule has 0 unspecified atom stereocenters. The third-order valence-corrected chi connectivity index (χ3v) is 2.61. The van der Waals surface area contributed by atoms with E-state index in [0.29, 0.717) is 0 Å². The second-order valence-electron chi connectivity index (χ2n) is 3.76. The van der Waals surface area contributed by atoms with Crippen LogP contribution >= 0.6 is 0 Å². The second-order valence-corrected chi connectivity index (χ2v) is 3.76. The first-order chi connectivity index (χ1) is 6.38. The largest absolute Gasteiger partial charge is 0.314 e. The first-order valence-electron chi connectivity index (χ1n) is 4.92. The molecule has 0 aliphatic heterocycles. The molecule has 1 aromatic heterocycles. The normalized spacial score (nSPS) is 17.3. The number of nitrogens with zero attached hydrogens (tertiary/aromatic N) is 3. The van der Waals surface area contributed by atoms with Gasteiger partial charge in [0.25, 0.3) is 0 Å². The van der Waals surface area contributed by atoms with Crippen LogP contribution in [-0.4, -0.2) is 22.0 Å². The van der Waals surface area contributed by atoms with Crippen LogP contribution in [0.25, 0.3) is 0 Å². The summed E-state index contributed by atoms with van der Waals surface area (Å²) in [6.45, 7) is 1.86. The minimum atomic E-state index is 0.810. The van der Waals surface area contributed by atoms with Crippen LogP contribution in [0, 0.1) is 5.92 Å². The van der Waals surface area contributed by atoms with Crippen LogP contribution < -0.4 is 5.32 Å². The van der Waals surface area contributed by atoms with Crippen LogP contribution in [-0.2, 0) is 13.1 Å². The van der Waals surface area contributed by atoms with Crippen molar-refractivity contribution >= 4 is 0 Å². The average Bonchev–Trinajstić information content (AvgIpc) is 2.46. The molecular weight excluding hydrogens is 164 g/mol. The molecule has 72 valence electrons. The Morgan fingerprint density at radius 2 is 2.46 bits per heavy atom. The highest BCUT2D eigenvalue weighted by Crippen LogP contribution is 2.27. The molecule has 2 rings (SSSR count). The second kappa shape index (κ2) is 3.87. The van der Waals surface area contributed by atoms with E-state index in [0.717, 1.165) is 24.7 Å². The van der Waals surface area contributed by atoms with Gasteiger partial charge in [-0.25, -0.2) is 0 Å². The zero-order valence-corrected chi connectivity index (χ0v) is 8.03. The van der Waals surface area contributed by atoms with Gasteiger partial charge in [-0.05, 0) is 25.8 Å². The van der Waals surface area contributed by atoms with Gasteiger partial charge in [-0.1, -0.05) is 11.6 Å². The molecule has 1 fully saturated rings. The van der Waals surface area contributed by atoms with Gasteiger partial charge in [-0.2, -0.15) is 0 Å². The Bertz CT molecular complexity index is 264. The summed E-state index contributed by atoms with van der Waals surface area (Å²) in [5, 5.41) is 11.2. The molecule has 1 aliphatic rings. The van der Waals surface area contributed by atoms with Gasteiger partial charge in [0, 0.05) is 19.3 Å². The van der Waals surface area contributed by atoms with E-state index in [1.807, 2.05) is 17.9 Å². The lowest BCUT2D eigenvalue weighted by Crippen LogP contribution is -2.18. The molecule has 0 spiro atoms. The van der Waals surface area contributed by atoms with Crippen LogP contribution in [0.15, 0.2) is 6.20 Å². The van der Waals surface area contributed by atoms with E-state index in [-0.39, 0.29) is 0 Å². The summed E-state index contributed by atoms with van der Waals surface area (Å²) in [5.74, 6) is 0.851. The minimum Gasteiger partial charge on any atom is -0.314 e. The molecule has 1 heterocycles. The van der Waals surface area contributed by atoms with Gasteiger partial charge < -0.3 is 5.32 Å². The molecule has 1 saturated carbocycles. The van der Waals surface area contributed by atoms with E-state index in [9.17, 15) is 0 Å². The maximum absolute atomic E-state index is 4.08. The van der Waals surface area contributed by atoms with Gasteiger partial charge in [0.15, 0.2) is 0 Å². The van der Waals surface area contributed by atoms with Crippen LogP contribution in [0.2, 0.25) is 0 Å². The standard InChI is InChI=1S/C9H16N4/c1-10-5-9-7-13(12-11-9)6-8-3-2-4-8/h7-8,10H,2-6H2,1H3. The number of nitrogens with one attached hydrogen (secondary N) is 1. The highest BCUT2D eigenvalue weighted by atomic mass is 15.4. The predicted octanol–water partition coefficient (Wildman–Crippen LogP) is 0.798. The van der Waals surface area contributed by atoms with Gasteiger partial charge in [-0.15, -0.1) is 5.10 Å². The van der Waals surface area contributed by atoms with E-state index in [1.165, 1.54) is 19.3 Å². The highest BCUT2D eigenvalue weighted by molar-refractivity contribution is 4.91. The predicted molar refractivity (Wildman–Crippen MR) is 50.1 cm³/mol. The minimum absolute atomic E-state index is 0.810. The van der Waals surface area contributed by atoms with Crippen molar-refractivity contribution in [2.45, 2.75) is 32.4 Å². The monoisotopic (exact) mass is 180 g/mol. The molecular formula is C9H16N4. The molecule has 4 heteroatoms. The van der Waals surface area contributed by atoms with Crippen molar-refractivity contribution in [3.8, 4) is 0 Å². The van der Waals surface area contributed by atoms with Crippen molar-refractivity contribution in [3.63, 3.8) is 0 Å². The summed E-state index contributed by atoms with van der Waals surface area (Å²) < 4.78 is 1.97. The third kappa shape index (κ3) is 2.06. The SMILES string of the molecule is CNCc1cn(CC2CCC2)nn1. The van der Waals surface area contributed by atoms with Crippen LogP contribution in [0.5, 0.6) is 0 Å². The van der Waals surface area contributed by atoms with Gasteiger partial charge in [0.2, 0.25) is 0 Å². The van der Waals surface area contributed by atoms with E-state index in [1.54, 1.807) is 0 Å². The topological polar surface area (TPSA) is 42.7 Å². The number of rotatable bonds is 4. The lowest BCUT2D eigenvalue weighted by molar-refractivity contribution is 0.264. The molecule has 4 nitrogen and oxygen atoms in total. The lowest BCUT2D eigenvalue weighted by Gasteiger charge is -2.24. The fourth-order valence-corrected chi connectivity index (χ4v) is 1.63. The first kappa shape index (κ1) is 8.69. The quantitative estimate of drug-likeness (QED) is 0.745. The molecule has 0 amide bonds. The van der Waals surface area contributed by atoms with Crippen molar-refractivity contribution in [1.29, 1.82) is 0 Å². The molecule has 0 radical (unpaired) electrons. The fourth-order valence-electron chi connectivity index (χ4n) is 1.63. The smallest absolute Gasteiger partial charge is 0.0964 e. The molecule has 0 saturated heterocycles. The highest BCUT2D eigenvalue weighted by Gasteiger charge is 2.18. The number of hydrogen-bond donors (Lipinski definition) is 1. The summed E-state index contributed by atoms with van der Waals surface area (Å²) >= 11 is 0. The van der Waals surface area contributed by atoms with E-state index in [4.69, 9.17) is 0 Å². The first-order valence-corrected chi connectivity index (χ1v) is 4.92. The Kier molecular flexibility index (Phi) is 2.59. The Balaban J connectivity index is 1.88. The van der Waals surface area contributed by atoms with Crippen molar-refractivity contribution in [2.75, 3.05) is 7.05 Å². The van der Waals surface area contributed by atoms with Crippen molar-refractivity contribution in [1.82, 2.24) is 20.3 Å². The summed E-state index contributed by atoms with van der Waals surface area (Å²) in [5.41, 5.74) is 1.03. The molecule has 1 aromatic rings. The van der Waals surface area contributed by atoms with Gasteiger partial charge in [0.05, 0.1) is 5.69 Å². The third-order valence-electron chi connectivity index (χ3n) is 2.61. The summed E-state index contributed by atoms with van der Waals surface area (Å²) in [7, 11) is 1.92. The van der Waals surface area contributed by atoms with E-state index in [2.05, 4.69) is 15.6 Å². The maximum Gasteiger partial charge on any atom is 0.0964 e. The van der Waals surface area contributed by atoms with E-state index >= 15 is 0 Å². The number of aromatic nitrogens is 3. The molecule has 0 atom stereocenters. The van der Waals surface area contributed by atoms with Crippen LogP contribution in [0.1, 0.15) is 25.0 Å². The Morgan fingerprint density at radius 1 is 1.62 bits per heavy atom. The van der Waals surface area contributed by atoms with Crippen LogP contribution in [0.4, 0.5) is 0 Å². The Labute approximate surface area is 78.3 Å². The molecule has 0 bridgehead atoms. The molecule has 13 heavy (non-hydrogen) atoms. The number of hydrogen-bond acceptors (Lipinski definition) is 3. The summed E-state index contributed by atoms with van der Waals surface area (Å²) in [4.78, 5) is 0. The molecule has 1 aliphatic carbocycles. The summed E-state index contributed by atoms with van der Waals surface area (Å²) in [6, 6.07) is 0. The van der Waals surface area contributed by atoms with Crippen molar-refractivity contribution in [2.24, 2.45) is 5.92 Å². The fraction of sp³-hybridized carbons (Fsp3) is 0.778. The van der Waals surface area contributed by atoms with Crippen molar-refractivity contribution < 1.29 is 0 Å². The molecule has 1 N–H and O–H groups in total. The zero-order valence-electron chi connectivity index (χ0n) is 8.03. The Morgan fingerprint density at radius 3 is 3.08 bits per heavy atom. The van der Waals surface area contributed by atoms with Gasteiger partial charge >= 0.3 is 0 Å². The van der Waals surface area contributed by atoms with Gasteiger partial charge in [-0.3, -0.25) is 4.68 Å².